The summed E-state index contributed by atoms with van der Waals surface area (Å²) in [6.45, 7) is 8.55. The summed E-state index contributed by atoms with van der Waals surface area (Å²) >= 11 is 0. The number of para-hydroxylation sites is 1. The summed E-state index contributed by atoms with van der Waals surface area (Å²) in [6, 6.07) is 7.49. The molecule has 0 unspecified atom stereocenters. The first kappa shape index (κ1) is 17.3. The van der Waals surface area contributed by atoms with E-state index >= 15 is 0 Å². The van der Waals surface area contributed by atoms with E-state index < -0.39 is 0 Å². The second-order valence-electron chi connectivity index (χ2n) is 5.70. The standard InChI is InChI=1S/C17H25N3O3/c1-4-23-17(22)20-11-9-19(10-12-20)14(3)16(21)18-15-8-6-5-7-13(15)2/h5-8,14H,4,9-12H2,1-3H3,(H,18,21)/t14-/m1/s1. The minimum absolute atomic E-state index is 0.0242. The maximum atomic E-state index is 12.4. The Labute approximate surface area is 137 Å². The van der Waals surface area contributed by atoms with Gasteiger partial charge in [-0.05, 0) is 32.4 Å². The molecule has 0 saturated carbocycles. The van der Waals surface area contributed by atoms with E-state index in [-0.39, 0.29) is 18.0 Å². The molecular formula is C17H25N3O3. The van der Waals surface area contributed by atoms with Crippen molar-refractivity contribution in [2.24, 2.45) is 0 Å². The SMILES string of the molecule is CCOC(=O)N1CCN([C@H](C)C(=O)Nc2ccccc2C)CC1. The van der Waals surface area contributed by atoms with E-state index in [1.54, 1.807) is 11.8 Å². The number of nitrogens with zero attached hydrogens (tertiary/aromatic N) is 2. The normalized spacial score (nSPS) is 16.7. The highest BCUT2D eigenvalue weighted by molar-refractivity contribution is 5.95. The first-order valence-electron chi connectivity index (χ1n) is 8.05. The van der Waals surface area contributed by atoms with Gasteiger partial charge in [-0.15, -0.1) is 0 Å². The third-order valence-corrected chi connectivity index (χ3v) is 4.17. The molecule has 0 aliphatic carbocycles. The van der Waals surface area contributed by atoms with Crippen molar-refractivity contribution in [2.45, 2.75) is 26.8 Å². The van der Waals surface area contributed by atoms with E-state index in [4.69, 9.17) is 4.74 Å². The number of benzene rings is 1. The lowest BCUT2D eigenvalue weighted by Gasteiger charge is -2.36. The summed E-state index contributed by atoms with van der Waals surface area (Å²) in [4.78, 5) is 27.9. The summed E-state index contributed by atoms with van der Waals surface area (Å²) in [5, 5.41) is 2.98. The number of aryl methyl sites for hydroxylation is 1. The molecule has 1 aliphatic rings. The van der Waals surface area contributed by atoms with Gasteiger partial charge in [0.25, 0.3) is 0 Å². The van der Waals surface area contributed by atoms with Crippen LogP contribution in [0.1, 0.15) is 19.4 Å². The van der Waals surface area contributed by atoms with E-state index in [0.29, 0.717) is 32.8 Å². The molecule has 23 heavy (non-hydrogen) atoms. The van der Waals surface area contributed by atoms with E-state index in [1.807, 2.05) is 38.1 Å². The van der Waals surface area contributed by atoms with Gasteiger partial charge >= 0.3 is 6.09 Å². The Morgan fingerprint density at radius 1 is 1.22 bits per heavy atom. The monoisotopic (exact) mass is 319 g/mol. The third kappa shape index (κ3) is 4.45. The van der Waals surface area contributed by atoms with Gasteiger partial charge in [-0.3, -0.25) is 9.69 Å². The number of rotatable bonds is 4. The Balaban J connectivity index is 1.87. The molecule has 126 valence electrons. The lowest BCUT2D eigenvalue weighted by atomic mass is 10.1. The molecule has 6 nitrogen and oxygen atoms in total. The largest absolute Gasteiger partial charge is 0.450 e. The third-order valence-electron chi connectivity index (χ3n) is 4.17. The predicted molar refractivity (Wildman–Crippen MR) is 89.4 cm³/mol. The fraction of sp³-hybridized carbons (Fsp3) is 0.529. The Hall–Kier alpha value is -2.08. The highest BCUT2D eigenvalue weighted by atomic mass is 16.6. The van der Waals surface area contributed by atoms with Crippen LogP contribution < -0.4 is 5.32 Å². The molecule has 1 aromatic carbocycles. The number of anilines is 1. The number of ether oxygens (including phenoxy) is 1. The number of hydrogen-bond donors (Lipinski definition) is 1. The van der Waals surface area contributed by atoms with Crippen molar-refractivity contribution < 1.29 is 14.3 Å². The van der Waals surface area contributed by atoms with Gasteiger partial charge in [0.2, 0.25) is 5.91 Å². The first-order valence-corrected chi connectivity index (χ1v) is 8.05. The summed E-state index contributed by atoms with van der Waals surface area (Å²) in [7, 11) is 0. The molecular weight excluding hydrogens is 294 g/mol. The van der Waals surface area contributed by atoms with E-state index in [9.17, 15) is 9.59 Å². The van der Waals surface area contributed by atoms with Crippen molar-refractivity contribution in [3.05, 3.63) is 29.8 Å². The highest BCUT2D eigenvalue weighted by Gasteiger charge is 2.28. The first-order chi connectivity index (χ1) is 11.0. The van der Waals surface area contributed by atoms with Gasteiger partial charge in [-0.1, -0.05) is 18.2 Å². The number of amides is 2. The van der Waals surface area contributed by atoms with Gasteiger partial charge in [0.15, 0.2) is 0 Å². The van der Waals surface area contributed by atoms with Gasteiger partial charge in [0, 0.05) is 31.9 Å². The van der Waals surface area contributed by atoms with Gasteiger partial charge in [-0.2, -0.15) is 0 Å². The number of piperazine rings is 1. The van der Waals surface area contributed by atoms with Crippen LogP contribution in [0.15, 0.2) is 24.3 Å². The molecule has 0 spiro atoms. The predicted octanol–water partition coefficient (Wildman–Crippen LogP) is 2.10. The molecule has 0 aromatic heterocycles. The van der Waals surface area contributed by atoms with Crippen LogP contribution in [0.2, 0.25) is 0 Å². The van der Waals surface area contributed by atoms with Crippen LogP contribution in [-0.4, -0.2) is 60.6 Å². The topological polar surface area (TPSA) is 61.9 Å². The summed E-state index contributed by atoms with van der Waals surface area (Å²) in [6.07, 6.45) is -0.274. The van der Waals surface area contributed by atoms with Gasteiger partial charge < -0.3 is 15.0 Å². The molecule has 1 heterocycles. The van der Waals surface area contributed by atoms with Crippen LogP contribution in [0.4, 0.5) is 10.5 Å². The Morgan fingerprint density at radius 2 is 1.87 bits per heavy atom. The van der Waals surface area contributed by atoms with Gasteiger partial charge in [0.05, 0.1) is 12.6 Å². The van der Waals surface area contributed by atoms with Crippen LogP contribution in [0.5, 0.6) is 0 Å². The number of hydrogen-bond acceptors (Lipinski definition) is 4. The molecule has 2 amide bonds. The maximum absolute atomic E-state index is 12.4. The molecule has 2 rings (SSSR count). The van der Waals surface area contributed by atoms with Crippen molar-refractivity contribution in [1.82, 2.24) is 9.80 Å². The second-order valence-corrected chi connectivity index (χ2v) is 5.70. The zero-order chi connectivity index (χ0) is 16.8. The molecule has 1 aromatic rings. The maximum Gasteiger partial charge on any atom is 0.409 e. The molecule has 1 N–H and O–H groups in total. The quantitative estimate of drug-likeness (QED) is 0.923. The second kappa shape index (κ2) is 7.97. The van der Waals surface area contributed by atoms with Crippen molar-refractivity contribution >= 4 is 17.7 Å². The Kier molecular flexibility index (Phi) is 5.98. The fourth-order valence-corrected chi connectivity index (χ4v) is 2.62. The number of carbonyl (C=O) groups is 2. The molecule has 1 aliphatic heterocycles. The van der Waals surface area contributed by atoms with Crippen LogP contribution in [0.3, 0.4) is 0 Å². The minimum atomic E-state index is -0.274. The summed E-state index contributed by atoms with van der Waals surface area (Å²) < 4.78 is 5.01. The summed E-state index contributed by atoms with van der Waals surface area (Å²) in [5.74, 6) is -0.0242. The molecule has 1 atom stereocenters. The smallest absolute Gasteiger partial charge is 0.409 e. The van der Waals surface area contributed by atoms with Crippen molar-refractivity contribution in [3.63, 3.8) is 0 Å². The van der Waals surface area contributed by atoms with Gasteiger partial charge in [0.1, 0.15) is 0 Å². The average molecular weight is 319 g/mol. The van der Waals surface area contributed by atoms with E-state index in [1.165, 1.54) is 0 Å². The average Bonchev–Trinajstić information content (AvgIpc) is 2.56. The zero-order valence-corrected chi connectivity index (χ0v) is 14.0. The van der Waals surface area contributed by atoms with E-state index in [2.05, 4.69) is 10.2 Å². The van der Waals surface area contributed by atoms with E-state index in [0.717, 1.165) is 11.3 Å². The van der Waals surface area contributed by atoms with Crippen molar-refractivity contribution in [1.29, 1.82) is 0 Å². The highest BCUT2D eigenvalue weighted by Crippen LogP contribution is 2.15. The van der Waals surface area contributed by atoms with Crippen LogP contribution in [0, 0.1) is 6.92 Å². The Bertz CT molecular complexity index is 554. The Morgan fingerprint density at radius 3 is 2.48 bits per heavy atom. The molecule has 1 fully saturated rings. The molecule has 6 heteroatoms. The molecule has 0 radical (unpaired) electrons. The minimum Gasteiger partial charge on any atom is -0.450 e. The van der Waals surface area contributed by atoms with Crippen LogP contribution >= 0.6 is 0 Å². The van der Waals surface area contributed by atoms with Crippen molar-refractivity contribution in [2.75, 3.05) is 38.1 Å². The number of nitrogens with one attached hydrogen (secondary N) is 1. The van der Waals surface area contributed by atoms with Crippen LogP contribution in [-0.2, 0) is 9.53 Å². The molecule has 1 saturated heterocycles. The van der Waals surface area contributed by atoms with Crippen molar-refractivity contribution in [3.8, 4) is 0 Å². The van der Waals surface area contributed by atoms with Gasteiger partial charge in [-0.25, -0.2) is 4.79 Å². The lowest BCUT2D eigenvalue weighted by Crippen LogP contribution is -2.54. The lowest BCUT2D eigenvalue weighted by molar-refractivity contribution is -0.121. The fourth-order valence-electron chi connectivity index (χ4n) is 2.62. The molecule has 0 bridgehead atoms. The summed E-state index contributed by atoms with van der Waals surface area (Å²) in [5.41, 5.74) is 1.88. The zero-order valence-electron chi connectivity index (χ0n) is 14.0. The number of carbonyl (C=O) groups excluding carboxylic acids is 2. The van der Waals surface area contributed by atoms with Crippen LogP contribution in [0.25, 0.3) is 0 Å².